The van der Waals surface area contributed by atoms with Gasteiger partial charge in [0.05, 0.1) is 0 Å². The van der Waals surface area contributed by atoms with E-state index >= 15 is 0 Å². The minimum atomic E-state index is -0.107. The second-order valence-corrected chi connectivity index (χ2v) is 9.56. The van der Waals surface area contributed by atoms with Crippen LogP contribution < -0.4 is 15.8 Å². The molecule has 5 rings (SSSR count). The second kappa shape index (κ2) is 10.4. The molecule has 2 aromatic heterocycles. The van der Waals surface area contributed by atoms with Gasteiger partial charge in [-0.2, -0.15) is 4.98 Å². The summed E-state index contributed by atoms with van der Waals surface area (Å²) in [5.74, 6) is 0.843. The fourth-order valence-electron chi connectivity index (χ4n) is 4.89. The van der Waals surface area contributed by atoms with Gasteiger partial charge in [-0.15, -0.1) is 0 Å². The number of aryl methyl sites for hydroxylation is 1. The third kappa shape index (κ3) is 5.32. The molecule has 0 aliphatic carbocycles. The van der Waals surface area contributed by atoms with E-state index in [1.807, 2.05) is 29.2 Å². The van der Waals surface area contributed by atoms with Crippen molar-refractivity contribution in [2.24, 2.45) is 5.92 Å². The lowest BCUT2D eigenvalue weighted by atomic mass is 9.96. The predicted octanol–water partition coefficient (Wildman–Crippen LogP) is 2.24. The molecule has 37 heavy (non-hydrogen) atoms. The van der Waals surface area contributed by atoms with Gasteiger partial charge in [-0.1, -0.05) is 6.58 Å². The fraction of sp³-hybridized carbons (Fsp3) is 0.370. The van der Waals surface area contributed by atoms with Crippen molar-refractivity contribution < 1.29 is 9.59 Å². The minimum absolute atomic E-state index is 0.0503. The first-order chi connectivity index (χ1) is 17.9. The summed E-state index contributed by atoms with van der Waals surface area (Å²) in [6.45, 7) is 10.1. The average Bonchev–Trinajstić information content (AvgIpc) is 2.89. The third-order valence-corrected chi connectivity index (χ3v) is 7.14. The molecule has 2 fully saturated rings. The van der Waals surface area contributed by atoms with Gasteiger partial charge in [0.25, 0.3) is 5.56 Å². The van der Waals surface area contributed by atoms with Crippen molar-refractivity contribution >= 4 is 40.2 Å². The van der Waals surface area contributed by atoms with Crippen molar-refractivity contribution in [3.8, 4) is 0 Å². The van der Waals surface area contributed by atoms with Crippen LogP contribution in [0.2, 0.25) is 0 Å². The van der Waals surface area contributed by atoms with Gasteiger partial charge in [0.2, 0.25) is 17.8 Å². The first-order valence-electron chi connectivity index (χ1n) is 12.6. The van der Waals surface area contributed by atoms with Gasteiger partial charge in [-0.3, -0.25) is 19.0 Å². The van der Waals surface area contributed by atoms with Gasteiger partial charge in [0, 0.05) is 81.8 Å². The van der Waals surface area contributed by atoms with Gasteiger partial charge in [-0.05, 0) is 48.7 Å². The molecule has 0 saturated carbocycles. The van der Waals surface area contributed by atoms with Crippen LogP contribution >= 0.6 is 0 Å². The van der Waals surface area contributed by atoms with Crippen LogP contribution in [0.25, 0.3) is 11.0 Å². The smallest absolute Gasteiger partial charge is 0.252 e. The normalized spacial score (nSPS) is 16.0. The van der Waals surface area contributed by atoms with E-state index in [4.69, 9.17) is 0 Å². The predicted molar refractivity (Wildman–Crippen MR) is 143 cm³/mol. The van der Waals surface area contributed by atoms with E-state index in [9.17, 15) is 14.4 Å². The Morgan fingerprint density at radius 1 is 1.05 bits per heavy atom. The third-order valence-electron chi connectivity index (χ3n) is 7.14. The zero-order valence-corrected chi connectivity index (χ0v) is 21.0. The average molecular weight is 502 g/mol. The van der Waals surface area contributed by atoms with Crippen molar-refractivity contribution in [1.82, 2.24) is 24.3 Å². The summed E-state index contributed by atoms with van der Waals surface area (Å²) in [5, 5.41) is 4.04. The molecule has 10 heteroatoms. The highest BCUT2D eigenvalue weighted by molar-refractivity contribution is 5.87. The topological polar surface area (TPSA) is 104 Å². The molecule has 1 aromatic carbocycles. The van der Waals surface area contributed by atoms with Crippen LogP contribution in [0.15, 0.2) is 60.0 Å². The zero-order valence-electron chi connectivity index (χ0n) is 21.0. The van der Waals surface area contributed by atoms with Crippen molar-refractivity contribution in [3.05, 3.63) is 65.6 Å². The Morgan fingerprint density at radius 2 is 1.78 bits per heavy atom. The molecular formula is C27H31N7O3. The standard InChI is InChI=1S/C27H31N7O3/c1-3-24(36)33-17-20(18-33)10-11-34-25(37)9-4-21-16-28-27(30-26(21)34)29-22-5-7-23(8-6-22)32-14-12-31(13-15-32)19(2)35/h3-9,16,20H,1,10-15,17-18H2,2H3,(H,28,29,30). The Hall–Kier alpha value is -4.21. The molecule has 0 spiro atoms. The summed E-state index contributed by atoms with van der Waals surface area (Å²) >= 11 is 0. The summed E-state index contributed by atoms with van der Waals surface area (Å²) in [7, 11) is 0. The van der Waals surface area contributed by atoms with Crippen LogP contribution in [-0.4, -0.2) is 75.4 Å². The maximum absolute atomic E-state index is 12.7. The Morgan fingerprint density at radius 3 is 2.46 bits per heavy atom. The van der Waals surface area contributed by atoms with E-state index in [-0.39, 0.29) is 17.4 Å². The summed E-state index contributed by atoms with van der Waals surface area (Å²) in [6.07, 6.45) is 3.84. The van der Waals surface area contributed by atoms with Crippen LogP contribution in [0.4, 0.5) is 17.3 Å². The van der Waals surface area contributed by atoms with Crippen molar-refractivity contribution in [2.75, 3.05) is 49.5 Å². The quantitative estimate of drug-likeness (QED) is 0.495. The number of rotatable bonds is 7. The molecule has 0 radical (unpaired) electrons. The van der Waals surface area contributed by atoms with Crippen LogP contribution in [0.5, 0.6) is 0 Å². The summed E-state index contributed by atoms with van der Waals surface area (Å²) in [6, 6.07) is 11.3. The maximum Gasteiger partial charge on any atom is 0.252 e. The number of hydrogen-bond acceptors (Lipinski definition) is 7. The lowest BCUT2D eigenvalue weighted by Crippen LogP contribution is -2.49. The van der Waals surface area contributed by atoms with Gasteiger partial charge < -0.3 is 20.0 Å². The zero-order chi connectivity index (χ0) is 25.9. The van der Waals surface area contributed by atoms with E-state index in [0.29, 0.717) is 37.1 Å². The number of nitrogens with one attached hydrogen (secondary N) is 1. The van der Waals surface area contributed by atoms with Crippen molar-refractivity contribution in [1.29, 1.82) is 0 Å². The molecule has 1 N–H and O–H groups in total. The van der Waals surface area contributed by atoms with Crippen molar-refractivity contribution in [3.63, 3.8) is 0 Å². The number of benzene rings is 1. The molecule has 2 amide bonds. The van der Waals surface area contributed by atoms with Crippen molar-refractivity contribution in [2.45, 2.75) is 19.9 Å². The molecule has 0 atom stereocenters. The molecule has 2 aliphatic rings. The molecule has 0 unspecified atom stereocenters. The minimum Gasteiger partial charge on any atom is -0.368 e. The van der Waals surface area contributed by atoms with E-state index in [1.54, 1.807) is 34.7 Å². The van der Waals surface area contributed by atoms with Crippen LogP contribution in [0, 0.1) is 5.92 Å². The van der Waals surface area contributed by atoms with Crippen LogP contribution in [-0.2, 0) is 16.1 Å². The number of aromatic nitrogens is 3. The Kier molecular flexibility index (Phi) is 6.89. The van der Waals surface area contributed by atoms with Gasteiger partial charge in [-0.25, -0.2) is 4.98 Å². The number of carbonyl (C=O) groups excluding carboxylic acids is 2. The number of amides is 2. The number of anilines is 3. The highest BCUT2D eigenvalue weighted by atomic mass is 16.2. The summed E-state index contributed by atoms with van der Waals surface area (Å²) in [4.78, 5) is 50.9. The molecule has 0 bridgehead atoms. The van der Waals surface area contributed by atoms with Crippen LogP contribution in [0.1, 0.15) is 13.3 Å². The number of hydrogen-bond donors (Lipinski definition) is 1. The Bertz CT molecular complexity index is 1370. The number of fused-ring (bicyclic) bond motifs is 1. The largest absolute Gasteiger partial charge is 0.368 e. The monoisotopic (exact) mass is 501 g/mol. The molecule has 3 aromatic rings. The summed E-state index contributed by atoms with van der Waals surface area (Å²) < 4.78 is 1.68. The SMILES string of the molecule is C=CC(=O)N1CC(CCn2c(=O)ccc3cnc(Nc4ccc(N5CCN(C(C)=O)CC5)cc4)nc32)C1. The van der Waals surface area contributed by atoms with Gasteiger partial charge >= 0.3 is 0 Å². The van der Waals surface area contributed by atoms with E-state index < -0.39 is 0 Å². The number of nitrogens with zero attached hydrogens (tertiary/aromatic N) is 6. The number of pyridine rings is 1. The molecule has 10 nitrogen and oxygen atoms in total. The fourth-order valence-corrected chi connectivity index (χ4v) is 4.89. The highest BCUT2D eigenvalue weighted by Gasteiger charge is 2.29. The lowest BCUT2D eigenvalue weighted by Gasteiger charge is -2.38. The molecule has 2 saturated heterocycles. The molecule has 192 valence electrons. The van der Waals surface area contributed by atoms with Gasteiger partial charge in [0.1, 0.15) is 5.65 Å². The maximum atomic E-state index is 12.7. The Labute approximate surface area is 215 Å². The van der Waals surface area contributed by atoms with Gasteiger partial charge in [0.15, 0.2) is 0 Å². The highest BCUT2D eigenvalue weighted by Crippen LogP contribution is 2.23. The first-order valence-corrected chi connectivity index (χ1v) is 12.6. The number of likely N-dealkylation sites (tertiary alicyclic amines) is 1. The molecule has 4 heterocycles. The first kappa shape index (κ1) is 24.5. The second-order valence-electron chi connectivity index (χ2n) is 9.56. The summed E-state index contributed by atoms with van der Waals surface area (Å²) in [5.41, 5.74) is 2.43. The number of carbonyl (C=O) groups is 2. The van der Waals surface area contributed by atoms with E-state index in [2.05, 4.69) is 26.8 Å². The molecular weight excluding hydrogens is 470 g/mol. The Balaban J connectivity index is 1.25. The van der Waals surface area contributed by atoms with E-state index in [0.717, 1.165) is 49.4 Å². The number of piperazine rings is 1. The van der Waals surface area contributed by atoms with E-state index in [1.165, 1.54) is 6.08 Å². The molecule has 2 aliphatic heterocycles. The van der Waals surface area contributed by atoms with Crippen LogP contribution in [0.3, 0.4) is 0 Å². The lowest BCUT2D eigenvalue weighted by molar-refractivity contribution is -0.132.